The van der Waals surface area contributed by atoms with E-state index < -0.39 is 0 Å². The number of hydrogen-bond acceptors (Lipinski definition) is 3. The van der Waals surface area contributed by atoms with Crippen LogP contribution < -0.4 is 5.32 Å². The molecule has 1 aromatic heterocycles. The molecule has 0 spiro atoms. The Morgan fingerprint density at radius 1 is 1.33 bits per heavy atom. The van der Waals surface area contributed by atoms with Crippen molar-refractivity contribution in [3.05, 3.63) is 39.6 Å². The molecule has 0 radical (unpaired) electrons. The fourth-order valence-electron chi connectivity index (χ4n) is 2.40. The fourth-order valence-corrected chi connectivity index (χ4v) is 3.79. The van der Waals surface area contributed by atoms with Gasteiger partial charge in [0.2, 0.25) is 5.91 Å². The molecule has 130 valence electrons. The summed E-state index contributed by atoms with van der Waals surface area (Å²) in [6.07, 6.45) is 2.26. The lowest BCUT2D eigenvalue weighted by molar-refractivity contribution is -0.113. The summed E-state index contributed by atoms with van der Waals surface area (Å²) in [5.41, 5.74) is 4.12. The Labute approximate surface area is 156 Å². The number of thioether (sulfide) groups is 1. The molecule has 1 amide bonds. The summed E-state index contributed by atoms with van der Waals surface area (Å²) in [4.78, 5) is 16.9. The van der Waals surface area contributed by atoms with E-state index in [1.807, 2.05) is 32.0 Å². The molecule has 0 saturated carbocycles. The highest BCUT2D eigenvalue weighted by Gasteiger charge is 2.13. The van der Waals surface area contributed by atoms with Crippen LogP contribution in [0.5, 0.6) is 0 Å². The van der Waals surface area contributed by atoms with Gasteiger partial charge in [-0.25, -0.2) is 4.98 Å². The van der Waals surface area contributed by atoms with Gasteiger partial charge in [0.05, 0.1) is 11.4 Å². The van der Waals surface area contributed by atoms with Gasteiger partial charge in [0.1, 0.15) is 0 Å². The molecule has 1 heterocycles. The number of carbonyl (C=O) groups excluding carboxylic acids is 1. The Morgan fingerprint density at radius 3 is 2.75 bits per heavy atom. The van der Waals surface area contributed by atoms with Gasteiger partial charge in [0.15, 0.2) is 5.16 Å². The number of carbonyl (C=O) groups is 1. The van der Waals surface area contributed by atoms with Crippen LogP contribution in [-0.2, 0) is 11.3 Å². The van der Waals surface area contributed by atoms with Gasteiger partial charge in [0, 0.05) is 22.4 Å². The minimum atomic E-state index is -0.00855. The van der Waals surface area contributed by atoms with Gasteiger partial charge < -0.3 is 9.88 Å². The minimum Gasteiger partial charge on any atom is -0.325 e. The van der Waals surface area contributed by atoms with Crippen molar-refractivity contribution in [1.29, 1.82) is 0 Å². The Bertz CT molecular complexity index is 727. The first kappa shape index (κ1) is 19.1. The Kier molecular flexibility index (Phi) is 6.92. The average molecular weight is 410 g/mol. The van der Waals surface area contributed by atoms with E-state index in [0.29, 0.717) is 5.75 Å². The molecule has 1 aromatic carbocycles. The molecule has 0 aliphatic carbocycles. The van der Waals surface area contributed by atoms with Gasteiger partial charge in [-0.2, -0.15) is 0 Å². The summed E-state index contributed by atoms with van der Waals surface area (Å²) in [5.74, 6) is 0.350. The molecular weight excluding hydrogens is 386 g/mol. The number of imidazole rings is 1. The number of halogens is 1. The molecule has 0 unspecified atom stereocenters. The molecule has 6 heteroatoms. The van der Waals surface area contributed by atoms with Crippen LogP contribution in [-0.4, -0.2) is 21.2 Å². The lowest BCUT2D eigenvalue weighted by atomic mass is 10.2. The van der Waals surface area contributed by atoms with Crippen LogP contribution in [0.25, 0.3) is 0 Å². The number of nitrogens with zero attached hydrogens (tertiary/aromatic N) is 2. The third kappa shape index (κ3) is 4.86. The van der Waals surface area contributed by atoms with Gasteiger partial charge in [-0.15, -0.1) is 0 Å². The number of rotatable bonds is 7. The van der Waals surface area contributed by atoms with Crippen LogP contribution >= 0.6 is 27.7 Å². The van der Waals surface area contributed by atoms with E-state index in [2.05, 4.69) is 44.6 Å². The van der Waals surface area contributed by atoms with Crippen molar-refractivity contribution in [3.8, 4) is 0 Å². The third-order valence-corrected chi connectivity index (χ3v) is 5.42. The Morgan fingerprint density at radius 2 is 2.08 bits per heavy atom. The van der Waals surface area contributed by atoms with Crippen LogP contribution in [0.3, 0.4) is 0 Å². The molecule has 2 aromatic rings. The molecule has 0 aliphatic rings. The van der Waals surface area contributed by atoms with Crippen molar-refractivity contribution >= 4 is 39.3 Å². The smallest absolute Gasteiger partial charge is 0.234 e. The highest BCUT2D eigenvalue weighted by molar-refractivity contribution is 9.10. The van der Waals surface area contributed by atoms with E-state index >= 15 is 0 Å². The standard InChI is InChI=1S/C18H24BrN3OS/c1-5-6-9-22-14(4)13(3)20-18(22)24-11-17(23)21-16-8-7-15(19)10-12(16)2/h7-8,10H,5-6,9,11H2,1-4H3,(H,21,23). The normalized spacial score (nSPS) is 10.9. The van der Waals surface area contributed by atoms with Crippen molar-refractivity contribution < 1.29 is 4.79 Å². The largest absolute Gasteiger partial charge is 0.325 e. The predicted octanol–water partition coefficient (Wildman–Crippen LogP) is 5.10. The summed E-state index contributed by atoms with van der Waals surface area (Å²) >= 11 is 4.93. The minimum absolute atomic E-state index is 0.00855. The zero-order valence-electron chi connectivity index (χ0n) is 14.6. The molecule has 4 nitrogen and oxygen atoms in total. The molecule has 0 bridgehead atoms. The van der Waals surface area contributed by atoms with E-state index in [-0.39, 0.29) is 5.91 Å². The zero-order valence-corrected chi connectivity index (χ0v) is 17.1. The van der Waals surface area contributed by atoms with Crippen LogP contribution in [0.2, 0.25) is 0 Å². The first-order valence-electron chi connectivity index (χ1n) is 8.15. The van der Waals surface area contributed by atoms with E-state index in [0.717, 1.165) is 46.0 Å². The lowest BCUT2D eigenvalue weighted by Gasteiger charge is -2.10. The predicted molar refractivity (Wildman–Crippen MR) is 105 cm³/mol. The lowest BCUT2D eigenvalue weighted by Crippen LogP contribution is -2.15. The van der Waals surface area contributed by atoms with E-state index in [1.54, 1.807) is 0 Å². The molecule has 1 N–H and O–H groups in total. The van der Waals surface area contributed by atoms with Gasteiger partial charge >= 0.3 is 0 Å². The van der Waals surface area contributed by atoms with Gasteiger partial charge in [-0.1, -0.05) is 41.0 Å². The SMILES string of the molecule is CCCCn1c(SCC(=O)Nc2ccc(Br)cc2C)nc(C)c1C. The Hall–Kier alpha value is -1.27. The number of aryl methyl sites for hydroxylation is 2. The van der Waals surface area contributed by atoms with Crippen molar-refractivity contribution in [3.63, 3.8) is 0 Å². The maximum atomic E-state index is 12.3. The Balaban J connectivity index is 2.00. The molecule has 0 saturated heterocycles. The topological polar surface area (TPSA) is 46.9 Å². The maximum absolute atomic E-state index is 12.3. The van der Waals surface area contributed by atoms with Crippen LogP contribution in [0.1, 0.15) is 36.7 Å². The zero-order chi connectivity index (χ0) is 17.7. The summed E-state index contributed by atoms with van der Waals surface area (Å²) < 4.78 is 3.23. The second-order valence-electron chi connectivity index (χ2n) is 5.87. The summed E-state index contributed by atoms with van der Waals surface area (Å²) in [6, 6.07) is 5.84. The van der Waals surface area contributed by atoms with Crippen LogP contribution in [0.4, 0.5) is 5.69 Å². The van der Waals surface area contributed by atoms with Gasteiger partial charge in [0.25, 0.3) is 0 Å². The molecule has 24 heavy (non-hydrogen) atoms. The molecular formula is C18H24BrN3OS. The number of nitrogens with one attached hydrogen (secondary N) is 1. The molecule has 0 atom stereocenters. The molecule has 2 rings (SSSR count). The first-order chi connectivity index (χ1) is 11.4. The first-order valence-corrected chi connectivity index (χ1v) is 9.92. The second kappa shape index (κ2) is 8.72. The van der Waals surface area contributed by atoms with Gasteiger partial charge in [-0.3, -0.25) is 4.79 Å². The van der Waals surface area contributed by atoms with Crippen molar-refractivity contribution in [2.75, 3.05) is 11.1 Å². The number of benzene rings is 1. The molecule has 0 fully saturated rings. The van der Waals surface area contributed by atoms with E-state index in [4.69, 9.17) is 0 Å². The van der Waals surface area contributed by atoms with E-state index in [9.17, 15) is 4.79 Å². The number of anilines is 1. The van der Waals surface area contributed by atoms with Gasteiger partial charge in [-0.05, 0) is 51.0 Å². The third-order valence-electron chi connectivity index (χ3n) is 3.95. The van der Waals surface area contributed by atoms with Crippen LogP contribution in [0, 0.1) is 20.8 Å². The quantitative estimate of drug-likeness (QED) is 0.646. The number of aromatic nitrogens is 2. The second-order valence-corrected chi connectivity index (χ2v) is 7.72. The number of amides is 1. The van der Waals surface area contributed by atoms with Crippen LogP contribution in [0.15, 0.2) is 27.8 Å². The highest BCUT2D eigenvalue weighted by atomic mass is 79.9. The van der Waals surface area contributed by atoms with Crippen molar-refractivity contribution in [1.82, 2.24) is 9.55 Å². The average Bonchev–Trinajstić information content (AvgIpc) is 2.80. The summed E-state index contributed by atoms with van der Waals surface area (Å²) in [5, 5.41) is 3.91. The molecule has 0 aliphatic heterocycles. The highest BCUT2D eigenvalue weighted by Crippen LogP contribution is 2.23. The van der Waals surface area contributed by atoms with Crippen molar-refractivity contribution in [2.24, 2.45) is 0 Å². The summed E-state index contributed by atoms with van der Waals surface area (Å²) in [6.45, 7) is 9.23. The fraction of sp³-hybridized carbons (Fsp3) is 0.444. The summed E-state index contributed by atoms with van der Waals surface area (Å²) in [7, 11) is 0. The maximum Gasteiger partial charge on any atom is 0.234 e. The van der Waals surface area contributed by atoms with Crippen molar-refractivity contribution in [2.45, 2.75) is 52.2 Å². The monoisotopic (exact) mass is 409 g/mol. The van der Waals surface area contributed by atoms with E-state index in [1.165, 1.54) is 17.5 Å². The number of unbranched alkanes of at least 4 members (excludes halogenated alkanes) is 1. The number of hydrogen-bond donors (Lipinski definition) is 1.